The highest BCUT2D eigenvalue weighted by Crippen LogP contribution is 2.16. The monoisotopic (exact) mass is 240 g/mol. The van der Waals surface area contributed by atoms with Crippen LogP contribution in [-0.4, -0.2) is 26.2 Å². The van der Waals surface area contributed by atoms with Crippen molar-refractivity contribution < 1.29 is 8.78 Å². The second-order valence-corrected chi connectivity index (χ2v) is 3.76. The van der Waals surface area contributed by atoms with Crippen LogP contribution in [0, 0.1) is 0 Å². The fraction of sp³-hybridized carbons (Fsp3) is 0.545. The molecule has 0 aliphatic carbocycles. The van der Waals surface area contributed by atoms with Crippen molar-refractivity contribution in [2.75, 3.05) is 0 Å². The van der Waals surface area contributed by atoms with Gasteiger partial charge < -0.3 is 0 Å². The van der Waals surface area contributed by atoms with Gasteiger partial charge >= 0.3 is 0 Å². The largest absolute Gasteiger partial charge is 0.258 e. The first kappa shape index (κ1) is 11.9. The van der Waals surface area contributed by atoms with Gasteiger partial charge in [-0.2, -0.15) is 5.10 Å². The van der Waals surface area contributed by atoms with E-state index >= 15 is 0 Å². The Morgan fingerprint density at radius 2 is 2.06 bits per heavy atom. The van der Waals surface area contributed by atoms with Crippen molar-refractivity contribution in [2.24, 2.45) is 0 Å². The van der Waals surface area contributed by atoms with Gasteiger partial charge in [0, 0.05) is 6.20 Å². The third-order valence-corrected chi connectivity index (χ3v) is 2.57. The summed E-state index contributed by atoms with van der Waals surface area (Å²) in [6.07, 6.45) is 0.627. The van der Waals surface area contributed by atoms with E-state index in [4.69, 9.17) is 0 Å². The van der Waals surface area contributed by atoms with Crippen LogP contribution in [0.1, 0.15) is 25.2 Å². The van der Waals surface area contributed by atoms with Gasteiger partial charge in [-0.1, -0.05) is 13.8 Å². The van der Waals surface area contributed by atoms with Gasteiger partial charge in [-0.3, -0.25) is 0 Å². The van der Waals surface area contributed by atoms with Gasteiger partial charge in [0.05, 0.1) is 11.4 Å². The molecule has 0 atom stereocenters. The maximum Gasteiger partial charge on any atom is 0.258 e. The molecular formula is C11H14F2N4. The molecule has 2 heterocycles. The van der Waals surface area contributed by atoms with Crippen LogP contribution in [0.3, 0.4) is 0 Å². The molecule has 2 aromatic heterocycles. The maximum absolute atomic E-state index is 12.4. The molecule has 0 amide bonds. The Morgan fingerprint density at radius 3 is 2.65 bits per heavy atom. The molecule has 4 nitrogen and oxygen atoms in total. The normalized spacial score (nSPS) is 11.6. The van der Waals surface area contributed by atoms with Crippen molar-refractivity contribution in [1.29, 1.82) is 0 Å². The summed E-state index contributed by atoms with van der Waals surface area (Å²) < 4.78 is 26.1. The molecule has 0 saturated carbocycles. The standard InChI is InChI=1S/C11H14F2N4/c1-3-7-5-14-10-8(4-2)16-17(6-9(12)13)11(10)15-7/h5,9H,3-4,6H2,1-2H3. The number of aromatic nitrogens is 4. The minimum absolute atomic E-state index is 0.432. The Labute approximate surface area is 97.7 Å². The molecular weight excluding hydrogens is 226 g/mol. The molecule has 0 aliphatic heterocycles. The van der Waals surface area contributed by atoms with E-state index in [1.807, 2.05) is 13.8 Å². The summed E-state index contributed by atoms with van der Waals surface area (Å²) in [4.78, 5) is 8.58. The molecule has 0 saturated heterocycles. The van der Waals surface area contributed by atoms with E-state index in [1.54, 1.807) is 6.20 Å². The summed E-state index contributed by atoms with van der Waals surface area (Å²) >= 11 is 0. The van der Waals surface area contributed by atoms with Crippen LogP contribution in [0.25, 0.3) is 11.2 Å². The second-order valence-electron chi connectivity index (χ2n) is 3.76. The fourth-order valence-corrected chi connectivity index (χ4v) is 1.71. The van der Waals surface area contributed by atoms with Gasteiger partial charge in [-0.05, 0) is 12.8 Å². The van der Waals surface area contributed by atoms with Crippen molar-refractivity contribution in [1.82, 2.24) is 19.7 Å². The summed E-state index contributed by atoms with van der Waals surface area (Å²) in [6, 6.07) is 0. The van der Waals surface area contributed by atoms with Gasteiger partial charge in [0.2, 0.25) is 0 Å². The predicted molar refractivity (Wildman–Crippen MR) is 60.1 cm³/mol. The molecule has 0 aromatic carbocycles. The molecule has 6 heteroatoms. The van der Waals surface area contributed by atoms with Gasteiger partial charge in [0.1, 0.15) is 12.1 Å². The SMILES string of the molecule is CCc1cnc2c(CC)nn(CC(F)F)c2n1. The van der Waals surface area contributed by atoms with E-state index in [-0.39, 0.29) is 0 Å². The first-order valence-corrected chi connectivity index (χ1v) is 5.65. The number of nitrogens with zero attached hydrogens (tertiary/aromatic N) is 4. The number of hydrogen-bond donors (Lipinski definition) is 0. The molecule has 0 fully saturated rings. The second kappa shape index (κ2) is 4.73. The summed E-state index contributed by atoms with van der Waals surface area (Å²) in [5, 5.41) is 4.14. The summed E-state index contributed by atoms with van der Waals surface area (Å²) in [5.41, 5.74) is 2.60. The minimum Gasteiger partial charge on any atom is -0.249 e. The Balaban J connectivity index is 2.57. The van der Waals surface area contributed by atoms with Crippen LogP contribution < -0.4 is 0 Å². The molecule has 0 bridgehead atoms. The zero-order valence-electron chi connectivity index (χ0n) is 9.82. The molecule has 0 N–H and O–H groups in total. The van der Waals surface area contributed by atoms with Crippen LogP contribution in [-0.2, 0) is 19.4 Å². The Bertz CT molecular complexity index is 521. The highest BCUT2D eigenvalue weighted by Gasteiger charge is 2.15. The predicted octanol–water partition coefficient (Wildman–Crippen LogP) is 2.22. The Kier molecular flexibility index (Phi) is 3.31. The van der Waals surface area contributed by atoms with E-state index in [9.17, 15) is 8.78 Å². The molecule has 92 valence electrons. The molecule has 0 aliphatic rings. The number of rotatable bonds is 4. The van der Waals surface area contributed by atoms with Crippen LogP contribution in [0.4, 0.5) is 8.78 Å². The van der Waals surface area contributed by atoms with Crippen molar-refractivity contribution in [3.8, 4) is 0 Å². The van der Waals surface area contributed by atoms with E-state index < -0.39 is 13.0 Å². The first-order valence-electron chi connectivity index (χ1n) is 5.65. The number of aryl methyl sites for hydroxylation is 2. The Hall–Kier alpha value is -1.59. The quantitative estimate of drug-likeness (QED) is 0.823. The summed E-state index contributed by atoms with van der Waals surface area (Å²) in [7, 11) is 0. The van der Waals surface area contributed by atoms with Crippen LogP contribution in [0.5, 0.6) is 0 Å². The Morgan fingerprint density at radius 1 is 1.29 bits per heavy atom. The third kappa shape index (κ3) is 2.25. The van der Waals surface area contributed by atoms with Crippen molar-refractivity contribution in [3.63, 3.8) is 0 Å². The lowest BCUT2D eigenvalue weighted by Crippen LogP contribution is -2.09. The highest BCUT2D eigenvalue weighted by molar-refractivity contribution is 5.73. The maximum atomic E-state index is 12.4. The van der Waals surface area contributed by atoms with Crippen molar-refractivity contribution in [3.05, 3.63) is 17.6 Å². The molecule has 17 heavy (non-hydrogen) atoms. The zero-order valence-corrected chi connectivity index (χ0v) is 9.82. The number of hydrogen-bond acceptors (Lipinski definition) is 3. The first-order chi connectivity index (χ1) is 8.15. The van der Waals surface area contributed by atoms with E-state index in [1.165, 1.54) is 4.68 Å². The van der Waals surface area contributed by atoms with Crippen molar-refractivity contribution in [2.45, 2.75) is 39.7 Å². The number of halogens is 2. The minimum atomic E-state index is -2.44. The van der Waals surface area contributed by atoms with Gasteiger partial charge in [-0.15, -0.1) is 0 Å². The molecule has 0 unspecified atom stereocenters. The zero-order chi connectivity index (χ0) is 12.4. The molecule has 2 rings (SSSR count). The summed E-state index contributed by atoms with van der Waals surface area (Å²) in [6.45, 7) is 3.44. The fourth-order valence-electron chi connectivity index (χ4n) is 1.71. The van der Waals surface area contributed by atoms with Gasteiger partial charge in [0.15, 0.2) is 5.65 Å². The number of alkyl halides is 2. The molecule has 0 spiro atoms. The van der Waals surface area contributed by atoms with Gasteiger partial charge in [-0.25, -0.2) is 23.4 Å². The average Bonchev–Trinajstić information content (AvgIpc) is 2.66. The lowest BCUT2D eigenvalue weighted by molar-refractivity contribution is 0.123. The van der Waals surface area contributed by atoms with Crippen LogP contribution in [0.15, 0.2) is 6.20 Å². The molecule has 0 radical (unpaired) electrons. The third-order valence-electron chi connectivity index (χ3n) is 2.57. The average molecular weight is 240 g/mol. The van der Waals surface area contributed by atoms with Crippen LogP contribution in [0.2, 0.25) is 0 Å². The summed E-state index contributed by atoms with van der Waals surface area (Å²) in [5.74, 6) is 0. The molecule has 2 aromatic rings. The van der Waals surface area contributed by atoms with Crippen molar-refractivity contribution >= 4 is 11.2 Å². The topological polar surface area (TPSA) is 43.6 Å². The van der Waals surface area contributed by atoms with Gasteiger partial charge in [0.25, 0.3) is 6.43 Å². The van der Waals surface area contributed by atoms with Crippen LogP contribution >= 0.6 is 0 Å². The van der Waals surface area contributed by atoms with E-state index in [0.717, 1.165) is 17.8 Å². The lowest BCUT2D eigenvalue weighted by Gasteiger charge is -2.01. The van der Waals surface area contributed by atoms with E-state index in [2.05, 4.69) is 15.1 Å². The smallest absolute Gasteiger partial charge is 0.249 e. The lowest BCUT2D eigenvalue weighted by atomic mass is 10.3. The van der Waals surface area contributed by atoms with E-state index in [0.29, 0.717) is 17.6 Å². The number of fused-ring (bicyclic) bond motifs is 1. The highest BCUT2D eigenvalue weighted by atomic mass is 19.3.